The Kier molecular flexibility index (Phi) is 5.02. The molecule has 7 heteroatoms. The summed E-state index contributed by atoms with van der Waals surface area (Å²) < 4.78 is 5.13. The van der Waals surface area contributed by atoms with E-state index in [1.165, 1.54) is 6.07 Å². The molecule has 0 bridgehead atoms. The molecular formula is C13H21BN2O4. The lowest BCUT2D eigenvalue weighted by atomic mass is 9.78. The van der Waals surface area contributed by atoms with Gasteiger partial charge in [-0.3, -0.25) is 5.32 Å². The van der Waals surface area contributed by atoms with Gasteiger partial charge in [0.05, 0.1) is 0 Å². The van der Waals surface area contributed by atoms with Crippen LogP contribution in [-0.4, -0.2) is 43.0 Å². The Morgan fingerprint density at radius 3 is 2.35 bits per heavy atom. The van der Waals surface area contributed by atoms with Gasteiger partial charge in [0.25, 0.3) is 0 Å². The molecule has 3 N–H and O–H groups in total. The number of carbonyl (C=O) groups excluding carboxylic acids is 1. The molecule has 0 spiro atoms. The third-order valence-corrected chi connectivity index (χ3v) is 2.43. The van der Waals surface area contributed by atoms with Gasteiger partial charge in [0.15, 0.2) is 0 Å². The Morgan fingerprint density at radius 1 is 1.30 bits per heavy atom. The molecular weight excluding hydrogens is 259 g/mol. The minimum absolute atomic E-state index is 0.309. The SMILES string of the molecule is CN(C)c1ccc(NC(=O)OC(C)(C)C)cc1B(O)O. The van der Waals surface area contributed by atoms with Crippen molar-refractivity contribution in [1.29, 1.82) is 0 Å². The fraction of sp³-hybridized carbons (Fsp3) is 0.462. The second-order valence-corrected chi connectivity index (χ2v) is 5.67. The summed E-state index contributed by atoms with van der Waals surface area (Å²) in [5, 5.41) is 21.3. The van der Waals surface area contributed by atoms with Crippen LogP contribution in [0.15, 0.2) is 18.2 Å². The van der Waals surface area contributed by atoms with Gasteiger partial charge in [0.2, 0.25) is 0 Å². The van der Waals surface area contributed by atoms with Gasteiger partial charge in [-0.25, -0.2) is 4.79 Å². The lowest BCUT2D eigenvalue weighted by Gasteiger charge is -2.21. The highest BCUT2D eigenvalue weighted by atomic mass is 16.6. The highest BCUT2D eigenvalue weighted by Crippen LogP contribution is 2.16. The first-order valence-corrected chi connectivity index (χ1v) is 6.27. The number of carbonyl (C=O) groups is 1. The van der Waals surface area contributed by atoms with Crippen molar-refractivity contribution in [3.8, 4) is 0 Å². The van der Waals surface area contributed by atoms with E-state index in [-0.39, 0.29) is 0 Å². The first-order valence-electron chi connectivity index (χ1n) is 6.27. The van der Waals surface area contributed by atoms with Gasteiger partial charge in [0.1, 0.15) is 5.60 Å². The van der Waals surface area contributed by atoms with Crippen molar-refractivity contribution in [2.75, 3.05) is 24.3 Å². The molecule has 0 atom stereocenters. The second-order valence-electron chi connectivity index (χ2n) is 5.67. The van der Waals surface area contributed by atoms with Gasteiger partial charge >= 0.3 is 13.2 Å². The van der Waals surface area contributed by atoms with Crippen molar-refractivity contribution in [2.24, 2.45) is 0 Å². The average molecular weight is 280 g/mol. The Morgan fingerprint density at radius 2 is 1.90 bits per heavy atom. The fourth-order valence-electron chi connectivity index (χ4n) is 1.67. The number of anilines is 2. The van der Waals surface area contributed by atoms with Crippen molar-refractivity contribution < 1.29 is 19.6 Å². The smallest absolute Gasteiger partial charge is 0.444 e. The third kappa shape index (κ3) is 4.75. The van der Waals surface area contributed by atoms with Gasteiger partial charge in [-0.2, -0.15) is 0 Å². The molecule has 0 radical (unpaired) electrons. The van der Waals surface area contributed by atoms with Crippen LogP contribution in [0, 0.1) is 0 Å². The van der Waals surface area contributed by atoms with Crippen LogP contribution in [0.25, 0.3) is 0 Å². The third-order valence-electron chi connectivity index (χ3n) is 2.43. The van der Waals surface area contributed by atoms with E-state index < -0.39 is 18.8 Å². The van der Waals surface area contributed by atoms with E-state index >= 15 is 0 Å². The molecule has 0 aliphatic carbocycles. The summed E-state index contributed by atoms with van der Waals surface area (Å²) in [4.78, 5) is 13.4. The van der Waals surface area contributed by atoms with E-state index in [0.717, 1.165) is 0 Å². The number of hydrogen-bond acceptors (Lipinski definition) is 5. The molecule has 1 rings (SSSR count). The Bertz CT molecular complexity index is 484. The molecule has 1 aromatic carbocycles. The molecule has 0 saturated heterocycles. The maximum atomic E-state index is 11.7. The molecule has 1 aromatic rings. The Hall–Kier alpha value is -1.73. The average Bonchev–Trinajstić information content (AvgIpc) is 2.25. The summed E-state index contributed by atoms with van der Waals surface area (Å²) in [5.74, 6) is 0. The zero-order valence-corrected chi connectivity index (χ0v) is 12.5. The van der Waals surface area contributed by atoms with Gasteiger partial charge in [0, 0.05) is 30.9 Å². The van der Waals surface area contributed by atoms with Crippen LogP contribution < -0.4 is 15.7 Å². The standard InChI is InChI=1S/C13H21BN2O4/c1-13(2,3)20-12(17)15-9-6-7-11(16(4)5)10(8-9)14(18)19/h6-8,18-19H,1-5H3,(H,15,17). The highest BCUT2D eigenvalue weighted by Gasteiger charge is 2.20. The maximum absolute atomic E-state index is 11.7. The molecule has 0 saturated carbocycles. The van der Waals surface area contributed by atoms with Crippen LogP contribution in [0.5, 0.6) is 0 Å². The van der Waals surface area contributed by atoms with Crippen molar-refractivity contribution in [3.63, 3.8) is 0 Å². The molecule has 0 fully saturated rings. The van der Waals surface area contributed by atoms with Crippen LogP contribution in [0.2, 0.25) is 0 Å². The van der Waals surface area contributed by atoms with Gasteiger partial charge in [-0.15, -0.1) is 0 Å². The second kappa shape index (κ2) is 6.15. The summed E-state index contributed by atoms with van der Waals surface area (Å²) in [6.07, 6.45) is -0.589. The van der Waals surface area contributed by atoms with Gasteiger partial charge < -0.3 is 19.7 Å². The molecule has 0 unspecified atom stereocenters. The van der Waals surface area contributed by atoms with Gasteiger partial charge in [-0.1, -0.05) is 0 Å². The lowest BCUT2D eigenvalue weighted by Crippen LogP contribution is -2.35. The fourth-order valence-corrected chi connectivity index (χ4v) is 1.67. The van der Waals surface area contributed by atoms with E-state index in [2.05, 4.69) is 5.32 Å². The quantitative estimate of drug-likeness (QED) is 0.713. The number of rotatable bonds is 3. The van der Waals surface area contributed by atoms with E-state index in [9.17, 15) is 14.8 Å². The van der Waals surface area contributed by atoms with Crippen LogP contribution in [0.4, 0.5) is 16.2 Å². The Balaban J connectivity index is 2.93. The predicted octanol–water partition coefficient (Wildman–Crippen LogP) is 0.779. The number of benzene rings is 1. The normalized spacial score (nSPS) is 10.9. The minimum Gasteiger partial charge on any atom is -0.444 e. The lowest BCUT2D eigenvalue weighted by molar-refractivity contribution is 0.0636. The predicted molar refractivity (Wildman–Crippen MR) is 80.5 cm³/mol. The maximum Gasteiger partial charge on any atom is 0.490 e. The van der Waals surface area contributed by atoms with Crippen LogP contribution in [0.1, 0.15) is 20.8 Å². The molecule has 6 nitrogen and oxygen atoms in total. The van der Waals surface area contributed by atoms with Crippen molar-refractivity contribution in [1.82, 2.24) is 0 Å². The van der Waals surface area contributed by atoms with Crippen molar-refractivity contribution in [2.45, 2.75) is 26.4 Å². The first-order chi connectivity index (χ1) is 9.10. The molecule has 110 valence electrons. The van der Waals surface area contributed by atoms with Crippen molar-refractivity contribution >= 4 is 30.0 Å². The molecule has 1 amide bonds. The number of hydrogen-bond donors (Lipinski definition) is 3. The van der Waals surface area contributed by atoms with Crippen LogP contribution in [-0.2, 0) is 4.74 Å². The number of ether oxygens (including phenoxy) is 1. The molecule has 0 aliphatic rings. The zero-order chi connectivity index (χ0) is 15.5. The van der Waals surface area contributed by atoms with Gasteiger partial charge in [-0.05, 0) is 39.0 Å². The summed E-state index contributed by atoms with van der Waals surface area (Å²) >= 11 is 0. The van der Waals surface area contributed by atoms with E-state index in [1.54, 1.807) is 51.9 Å². The van der Waals surface area contributed by atoms with Crippen molar-refractivity contribution in [3.05, 3.63) is 18.2 Å². The molecule has 20 heavy (non-hydrogen) atoms. The summed E-state index contributed by atoms with van der Waals surface area (Å²) in [6.45, 7) is 5.31. The number of amides is 1. The first kappa shape index (κ1) is 16.3. The Labute approximate surface area is 119 Å². The zero-order valence-electron chi connectivity index (χ0n) is 12.5. The molecule has 0 heterocycles. The number of nitrogens with zero attached hydrogens (tertiary/aromatic N) is 1. The van der Waals surface area contributed by atoms with Crippen LogP contribution >= 0.6 is 0 Å². The largest absolute Gasteiger partial charge is 0.490 e. The summed E-state index contributed by atoms with van der Waals surface area (Å²) in [7, 11) is 1.97. The van der Waals surface area contributed by atoms with Crippen LogP contribution in [0.3, 0.4) is 0 Å². The topological polar surface area (TPSA) is 82.0 Å². The van der Waals surface area contributed by atoms with E-state index in [0.29, 0.717) is 16.8 Å². The minimum atomic E-state index is -1.62. The molecule has 0 aromatic heterocycles. The number of nitrogens with one attached hydrogen (secondary N) is 1. The summed E-state index contributed by atoms with van der Waals surface area (Å²) in [6, 6.07) is 4.87. The van der Waals surface area contributed by atoms with E-state index in [1.807, 2.05) is 0 Å². The summed E-state index contributed by atoms with van der Waals surface area (Å²) in [5.41, 5.74) is 0.818. The highest BCUT2D eigenvalue weighted by molar-refractivity contribution is 6.60. The monoisotopic (exact) mass is 280 g/mol. The van der Waals surface area contributed by atoms with E-state index in [4.69, 9.17) is 4.74 Å². The molecule has 0 aliphatic heterocycles.